The molecule has 0 radical (unpaired) electrons. The quantitative estimate of drug-likeness (QED) is 0.0262. The van der Waals surface area contributed by atoms with Crippen LogP contribution >= 0.6 is 0 Å². The summed E-state index contributed by atoms with van der Waals surface area (Å²) in [6.07, 6.45) is 73.2. The summed E-state index contributed by atoms with van der Waals surface area (Å²) in [6, 6.07) is 0. The first kappa shape index (κ1) is 65.8. The number of esters is 3. The van der Waals surface area contributed by atoms with Crippen LogP contribution in [0.4, 0.5) is 0 Å². The zero-order valence-electron chi connectivity index (χ0n) is 45.6. The fourth-order valence-corrected chi connectivity index (χ4v) is 8.19. The number of carbonyl (C=O) groups excluding carboxylic acids is 3. The van der Waals surface area contributed by atoms with Crippen LogP contribution in [0.1, 0.15) is 290 Å². The first-order valence-corrected chi connectivity index (χ1v) is 29.4. The van der Waals surface area contributed by atoms with Crippen LogP contribution in [0.25, 0.3) is 0 Å². The maximum atomic E-state index is 12.9. The minimum atomic E-state index is -0.789. The van der Waals surface area contributed by atoms with Crippen LogP contribution in [-0.4, -0.2) is 37.2 Å². The van der Waals surface area contributed by atoms with Gasteiger partial charge in [-0.05, 0) is 109 Å². The smallest absolute Gasteiger partial charge is 0.306 e. The van der Waals surface area contributed by atoms with Crippen molar-refractivity contribution in [2.24, 2.45) is 0 Å². The second kappa shape index (κ2) is 57.4. The topological polar surface area (TPSA) is 78.9 Å². The largest absolute Gasteiger partial charge is 0.462 e. The van der Waals surface area contributed by atoms with Gasteiger partial charge in [0.25, 0.3) is 0 Å². The summed E-state index contributed by atoms with van der Waals surface area (Å²) in [5.41, 5.74) is 0. The van der Waals surface area contributed by atoms with Gasteiger partial charge in [-0.1, -0.05) is 235 Å². The predicted octanol–water partition coefficient (Wildman–Crippen LogP) is 19.8. The lowest BCUT2D eigenvalue weighted by molar-refractivity contribution is -0.167. The maximum Gasteiger partial charge on any atom is 0.306 e. The molecule has 0 aromatic carbocycles. The molecule has 0 aliphatic heterocycles. The number of unbranched alkanes of at least 4 members (excludes halogenated alkanes) is 30. The van der Waals surface area contributed by atoms with Crippen LogP contribution in [0.5, 0.6) is 0 Å². The lowest BCUT2D eigenvalue weighted by Gasteiger charge is -2.18. The van der Waals surface area contributed by atoms with Crippen molar-refractivity contribution in [3.05, 3.63) is 72.9 Å². The number of rotatable bonds is 53. The molecule has 0 N–H and O–H groups in total. The second-order valence-corrected chi connectivity index (χ2v) is 19.5. The summed E-state index contributed by atoms with van der Waals surface area (Å²) < 4.78 is 16.9. The van der Waals surface area contributed by atoms with E-state index < -0.39 is 6.10 Å². The van der Waals surface area contributed by atoms with Crippen LogP contribution in [0.2, 0.25) is 0 Å². The molecule has 0 saturated carbocycles. The standard InChI is InChI=1S/C63H110O6/c1-4-7-10-13-16-19-22-25-27-29-30-31-32-34-35-38-41-44-47-50-53-56-62(65)68-59-60(58-67-61(64)55-52-49-46-43-40-37-24-21-18-15-12-9-6-3)69-63(66)57-54-51-48-45-42-39-36-33-28-26-23-20-17-14-11-8-5-2/h12,15,21-22,24-26,28-30,32,34,60H,4-11,13-14,16-20,23,27,31,33,35-59H2,1-3H3/b15-12-,24-21-,25-22-,28-26-,30-29-,34-32-. The highest BCUT2D eigenvalue weighted by molar-refractivity contribution is 5.71. The lowest BCUT2D eigenvalue weighted by Crippen LogP contribution is -2.30. The van der Waals surface area contributed by atoms with E-state index in [2.05, 4.69) is 93.7 Å². The van der Waals surface area contributed by atoms with E-state index in [9.17, 15) is 14.4 Å². The van der Waals surface area contributed by atoms with Gasteiger partial charge in [0.15, 0.2) is 6.10 Å². The Labute approximate surface area is 427 Å². The summed E-state index contributed by atoms with van der Waals surface area (Å²) in [5.74, 6) is -0.910. The third-order valence-electron chi connectivity index (χ3n) is 12.6. The second-order valence-electron chi connectivity index (χ2n) is 19.5. The molecule has 69 heavy (non-hydrogen) atoms. The van der Waals surface area contributed by atoms with E-state index in [0.717, 1.165) is 109 Å². The van der Waals surface area contributed by atoms with Crippen molar-refractivity contribution < 1.29 is 28.6 Å². The monoisotopic (exact) mass is 963 g/mol. The molecule has 6 nitrogen and oxygen atoms in total. The van der Waals surface area contributed by atoms with Crippen LogP contribution in [-0.2, 0) is 28.6 Å². The average Bonchev–Trinajstić information content (AvgIpc) is 3.35. The fraction of sp³-hybridized carbons (Fsp3) is 0.762. The molecule has 0 aromatic heterocycles. The molecule has 1 unspecified atom stereocenters. The van der Waals surface area contributed by atoms with E-state index in [1.807, 2.05) is 0 Å². The Morgan fingerprint density at radius 3 is 0.884 bits per heavy atom. The molecule has 6 heteroatoms. The van der Waals surface area contributed by atoms with Gasteiger partial charge in [-0.15, -0.1) is 0 Å². The van der Waals surface area contributed by atoms with Crippen LogP contribution in [0.15, 0.2) is 72.9 Å². The Kier molecular flexibility index (Phi) is 54.8. The number of carbonyl (C=O) groups is 3. The zero-order chi connectivity index (χ0) is 50.0. The Morgan fingerprint density at radius 2 is 0.551 bits per heavy atom. The van der Waals surface area contributed by atoms with E-state index in [1.54, 1.807) is 0 Å². The van der Waals surface area contributed by atoms with Crippen molar-refractivity contribution >= 4 is 17.9 Å². The number of hydrogen-bond donors (Lipinski definition) is 0. The molecule has 0 amide bonds. The van der Waals surface area contributed by atoms with Crippen LogP contribution in [0, 0.1) is 0 Å². The number of hydrogen-bond acceptors (Lipinski definition) is 6. The predicted molar refractivity (Wildman–Crippen MR) is 298 cm³/mol. The first-order valence-electron chi connectivity index (χ1n) is 29.4. The van der Waals surface area contributed by atoms with Crippen molar-refractivity contribution in [1.82, 2.24) is 0 Å². The Balaban J connectivity index is 4.39. The summed E-state index contributed by atoms with van der Waals surface area (Å²) in [7, 11) is 0. The molecular weight excluding hydrogens is 853 g/mol. The van der Waals surface area contributed by atoms with Gasteiger partial charge in [0.05, 0.1) is 0 Å². The van der Waals surface area contributed by atoms with E-state index in [1.165, 1.54) is 141 Å². The van der Waals surface area contributed by atoms with Gasteiger partial charge < -0.3 is 14.2 Å². The molecule has 0 heterocycles. The van der Waals surface area contributed by atoms with Gasteiger partial charge in [0, 0.05) is 19.3 Å². The highest BCUT2D eigenvalue weighted by atomic mass is 16.6. The molecule has 0 fully saturated rings. The van der Waals surface area contributed by atoms with E-state index in [-0.39, 0.29) is 31.1 Å². The summed E-state index contributed by atoms with van der Waals surface area (Å²) in [5, 5.41) is 0. The van der Waals surface area contributed by atoms with Crippen molar-refractivity contribution in [3.63, 3.8) is 0 Å². The third kappa shape index (κ3) is 55.6. The summed E-state index contributed by atoms with van der Waals surface area (Å²) in [6.45, 7) is 6.55. The van der Waals surface area contributed by atoms with Gasteiger partial charge in [0.1, 0.15) is 13.2 Å². The van der Waals surface area contributed by atoms with Crippen molar-refractivity contribution in [2.75, 3.05) is 13.2 Å². The molecule has 0 aliphatic rings. The summed E-state index contributed by atoms with van der Waals surface area (Å²) in [4.78, 5) is 38.2. The highest BCUT2D eigenvalue weighted by Gasteiger charge is 2.19. The summed E-state index contributed by atoms with van der Waals surface area (Å²) >= 11 is 0. The first-order chi connectivity index (χ1) is 34.0. The number of ether oxygens (including phenoxy) is 3. The van der Waals surface area contributed by atoms with Crippen LogP contribution in [0.3, 0.4) is 0 Å². The van der Waals surface area contributed by atoms with Crippen molar-refractivity contribution in [3.8, 4) is 0 Å². The van der Waals surface area contributed by atoms with Gasteiger partial charge in [-0.3, -0.25) is 14.4 Å². The third-order valence-corrected chi connectivity index (χ3v) is 12.6. The molecule has 0 aliphatic carbocycles. The molecule has 0 bridgehead atoms. The van der Waals surface area contributed by atoms with Gasteiger partial charge >= 0.3 is 17.9 Å². The van der Waals surface area contributed by atoms with E-state index >= 15 is 0 Å². The minimum absolute atomic E-state index is 0.0881. The SMILES string of the molecule is CCC/C=C\C/C=C\CCCCCCCC(=O)OCC(COC(=O)CCCCCCCC/C=C\C/C=C\C/C=C\CCCCCCC)OC(=O)CCCCCCCCC/C=C\CCCCCCCC. The Hall–Kier alpha value is -3.15. The maximum absolute atomic E-state index is 12.9. The number of allylic oxidation sites excluding steroid dienone is 12. The molecule has 0 aromatic rings. The fourth-order valence-electron chi connectivity index (χ4n) is 8.19. The lowest BCUT2D eigenvalue weighted by atomic mass is 10.1. The van der Waals surface area contributed by atoms with Gasteiger partial charge in [-0.2, -0.15) is 0 Å². The van der Waals surface area contributed by atoms with Crippen LogP contribution < -0.4 is 0 Å². The molecule has 0 spiro atoms. The molecule has 398 valence electrons. The zero-order valence-corrected chi connectivity index (χ0v) is 45.6. The highest BCUT2D eigenvalue weighted by Crippen LogP contribution is 2.15. The average molecular weight is 964 g/mol. The molecule has 0 rings (SSSR count). The Morgan fingerprint density at radius 1 is 0.290 bits per heavy atom. The van der Waals surface area contributed by atoms with Crippen molar-refractivity contribution in [1.29, 1.82) is 0 Å². The molecule has 0 saturated heterocycles. The molecular formula is C63H110O6. The van der Waals surface area contributed by atoms with E-state index in [4.69, 9.17) is 14.2 Å². The normalized spacial score (nSPS) is 12.6. The van der Waals surface area contributed by atoms with E-state index in [0.29, 0.717) is 19.3 Å². The van der Waals surface area contributed by atoms with Gasteiger partial charge in [-0.25, -0.2) is 0 Å². The minimum Gasteiger partial charge on any atom is -0.462 e. The molecule has 1 atom stereocenters. The Bertz CT molecular complexity index is 1290. The van der Waals surface area contributed by atoms with Gasteiger partial charge in [0.2, 0.25) is 0 Å². The van der Waals surface area contributed by atoms with Crippen molar-refractivity contribution in [2.45, 2.75) is 297 Å².